The molecule has 0 heterocycles. The molecule has 3 nitrogen and oxygen atoms in total. The molecule has 0 radical (unpaired) electrons. The second-order valence-electron chi connectivity index (χ2n) is 3.23. The monoisotopic (exact) mass is 185 g/mol. The zero-order valence-electron chi connectivity index (χ0n) is 8.83. The van der Waals surface area contributed by atoms with Crippen LogP contribution in [0.5, 0.6) is 0 Å². The minimum absolute atomic E-state index is 0.169. The van der Waals surface area contributed by atoms with Gasteiger partial charge in [0.15, 0.2) is 5.88 Å². The maximum atomic E-state index is 10.7. The number of carbonyl (C=O) groups excluding carboxylic acids is 1. The van der Waals surface area contributed by atoms with E-state index >= 15 is 0 Å². The largest absolute Gasteiger partial charge is 0.483 e. The van der Waals surface area contributed by atoms with Crippen molar-refractivity contribution in [2.75, 3.05) is 7.11 Å². The van der Waals surface area contributed by atoms with Gasteiger partial charge < -0.3 is 14.8 Å². The van der Waals surface area contributed by atoms with Gasteiger partial charge in [-0.25, -0.2) is 0 Å². The molecule has 1 atom stereocenters. The summed E-state index contributed by atoms with van der Waals surface area (Å²) < 4.78 is 5.06. The van der Waals surface area contributed by atoms with Gasteiger partial charge >= 0.3 is 0 Å². The number of nitrogens with one attached hydrogen (secondary N) is 1. The van der Waals surface area contributed by atoms with E-state index in [9.17, 15) is 4.79 Å². The molecule has 0 fully saturated rings. The van der Waals surface area contributed by atoms with Gasteiger partial charge in [0.2, 0.25) is 0 Å². The standard InChI is InChI=1S/C10H19NO2/c1-5-6-10(13-4)11-9(7-12)8(2)3/h6-9,11H,5H2,1-4H3/b10-6+. The maximum absolute atomic E-state index is 10.7. The van der Waals surface area contributed by atoms with Crippen LogP contribution in [0.15, 0.2) is 12.0 Å². The minimum Gasteiger partial charge on any atom is -0.483 e. The van der Waals surface area contributed by atoms with Crippen molar-refractivity contribution in [1.82, 2.24) is 5.32 Å². The highest BCUT2D eigenvalue weighted by molar-refractivity contribution is 5.58. The predicted molar refractivity (Wildman–Crippen MR) is 53.2 cm³/mol. The lowest BCUT2D eigenvalue weighted by Gasteiger charge is -2.18. The molecule has 0 rings (SSSR count). The molecule has 3 heteroatoms. The highest BCUT2D eigenvalue weighted by Crippen LogP contribution is 2.02. The van der Waals surface area contributed by atoms with Gasteiger partial charge in [-0.1, -0.05) is 20.8 Å². The normalized spacial score (nSPS) is 14.1. The minimum atomic E-state index is -0.169. The Kier molecular flexibility index (Phi) is 6.02. The third-order valence-corrected chi connectivity index (χ3v) is 1.78. The number of methoxy groups -OCH3 is 1. The van der Waals surface area contributed by atoms with E-state index in [4.69, 9.17) is 4.74 Å². The van der Waals surface area contributed by atoms with Crippen LogP contribution in [-0.2, 0) is 9.53 Å². The van der Waals surface area contributed by atoms with Crippen LogP contribution >= 0.6 is 0 Å². The maximum Gasteiger partial charge on any atom is 0.182 e. The van der Waals surface area contributed by atoms with Gasteiger partial charge in [0.1, 0.15) is 6.29 Å². The van der Waals surface area contributed by atoms with Crippen LogP contribution in [0.1, 0.15) is 27.2 Å². The molecule has 0 spiro atoms. The first-order valence-electron chi connectivity index (χ1n) is 4.61. The molecule has 0 aliphatic rings. The lowest BCUT2D eigenvalue weighted by atomic mass is 10.1. The fourth-order valence-corrected chi connectivity index (χ4v) is 0.909. The van der Waals surface area contributed by atoms with E-state index in [2.05, 4.69) is 5.32 Å². The van der Waals surface area contributed by atoms with E-state index in [0.717, 1.165) is 12.7 Å². The second-order valence-corrected chi connectivity index (χ2v) is 3.23. The van der Waals surface area contributed by atoms with Crippen LogP contribution in [0, 0.1) is 5.92 Å². The molecule has 0 bridgehead atoms. The van der Waals surface area contributed by atoms with E-state index < -0.39 is 0 Å². The molecule has 0 aromatic heterocycles. The summed E-state index contributed by atoms with van der Waals surface area (Å²) in [6.45, 7) is 6.00. The Labute approximate surface area is 80.2 Å². The highest BCUT2D eigenvalue weighted by Gasteiger charge is 2.12. The molecule has 13 heavy (non-hydrogen) atoms. The Balaban J connectivity index is 4.19. The van der Waals surface area contributed by atoms with Gasteiger partial charge in [-0.2, -0.15) is 0 Å². The first-order valence-corrected chi connectivity index (χ1v) is 4.61. The molecular formula is C10H19NO2. The number of hydrogen-bond acceptors (Lipinski definition) is 3. The van der Waals surface area contributed by atoms with Gasteiger partial charge in [0, 0.05) is 0 Å². The summed E-state index contributed by atoms with van der Waals surface area (Å²) in [4.78, 5) is 10.7. The van der Waals surface area contributed by atoms with Gasteiger partial charge in [0.05, 0.1) is 13.2 Å². The smallest absolute Gasteiger partial charge is 0.182 e. The number of carbonyl (C=O) groups is 1. The fraction of sp³-hybridized carbons (Fsp3) is 0.700. The number of allylic oxidation sites excluding steroid dienone is 1. The van der Waals surface area contributed by atoms with Gasteiger partial charge in [-0.15, -0.1) is 0 Å². The highest BCUT2D eigenvalue weighted by atomic mass is 16.5. The Morgan fingerprint density at radius 2 is 2.15 bits per heavy atom. The molecule has 76 valence electrons. The van der Waals surface area contributed by atoms with Crippen LogP contribution in [0.4, 0.5) is 0 Å². The van der Waals surface area contributed by atoms with E-state index in [1.54, 1.807) is 7.11 Å². The summed E-state index contributed by atoms with van der Waals surface area (Å²) in [7, 11) is 1.59. The van der Waals surface area contributed by atoms with Crippen molar-refractivity contribution in [1.29, 1.82) is 0 Å². The van der Waals surface area contributed by atoms with E-state index in [-0.39, 0.29) is 12.0 Å². The summed E-state index contributed by atoms with van der Waals surface area (Å²) in [6.07, 6.45) is 3.71. The van der Waals surface area contributed by atoms with Crippen molar-refractivity contribution in [2.45, 2.75) is 33.2 Å². The van der Waals surface area contributed by atoms with Gasteiger partial charge in [-0.05, 0) is 18.4 Å². The molecule has 1 unspecified atom stereocenters. The van der Waals surface area contributed by atoms with Crippen molar-refractivity contribution in [2.24, 2.45) is 5.92 Å². The number of aldehydes is 1. The van der Waals surface area contributed by atoms with E-state index in [0.29, 0.717) is 5.88 Å². The van der Waals surface area contributed by atoms with E-state index in [1.807, 2.05) is 26.8 Å². The summed E-state index contributed by atoms with van der Waals surface area (Å²) in [5, 5.41) is 3.02. The SMILES string of the molecule is CC/C=C(\NC(C=O)C(C)C)OC. The van der Waals surface area contributed by atoms with Crippen molar-refractivity contribution in [3.63, 3.8) is 0 Å². The second kappa shape index (κ2) is 6.52. The van der Waals surface area contributed by atoms with Gasteiger partial charge in [-0.3, -0.25) is 0 Å². The summed E-state index contributed by atoms with van der Waals surface area (Å²) in [5.41, 5.74) is 0. The lowest BCUT2D eigenvalue weighted by molar-refractivity contribution is -0.110. The Morgan fingerprint density at radius 1 is 1.54 bits per heavy atom. The van der Waals surface area contributed by atoms with Crippen LogP contribution < -0.4 is 5.32 Å². The quantitative estimate of drug-likeness (QED) is 0.505. The first kappa shape index (κ1) is 12.0. The molecular weight excluding hydrogens is 166 g/mol. The summed E-state index contributed by atoms with van der Waals surface area (Å²) in [6, 6.07) is -0.169. The molecule has 0 aliphatic carbocycles. The molecule has 0 aromatic rings. The van der Waals surface area contributed by atoms with Crippen LogP contribution in [-0.4, -0.2) is 19.4 Å². The van der Waals surface area contributed by atoms with Crippen LogP contribution in [0.25, 0.3) is 0 Å². The molecule has 0 amide bonds. The molecule has 0 saturated heterocycles. The molecule has 1 N–H and O–H groups in total. The number of rotatable bonds is 6. The van der Waals surface area contributed by atoms with Crippen molar-refractivity contribution in [3.05, 3.63) is 12.0 Å². The number of hydrogen-bond donors (Lipinski definition) is 1. The lowest BCUT2D eigenvalue weighted by Crippen LogP contribution is -2.35. The zero-order chi connectivity index (χ0) is 10.3. The Bertz CT molecular complexity index is 176. The average molecular weight is 185 g/mol. The van der Waals surface area contributed by atoms with E-state index in [1.165, 1.54) is 0 Å². The van der Waals surface area contributed by atoms with Crippen molar-refractivity contribution >= 4 is 6.29 Å². The first-order chi connectivity index (χ1) is 6.15. The number of ether oxygens (including phenoxy) is 1. The molecule has 0 aromatic carbocycles. The summed E-state index contributed by atoms with van der Waals surface area (Å²) >= 11 is 0. The van der Waals surface area contributed by atoms with Crippen molar-refractivity contribution < 1.29 is 9.53 Å². The fourth-order valence-electron chi connectivity index (χ4n) is 0.909. The van der Waals surface area contributed by atoms with Crippen LogP contribution in [0.2, 0.25) is 0 Å². The Hall–Kier alpha value is -0.990. The zero-order valence-corrected chi connectivity index (χ0v) is 8.83. The molecule has 0 aliphatic heterocycles. The summed E-state index contributed by atoms with van der Waals surface area (Å²) in [5.74, 6) is 0.946. The third kappa shape index (κ3) is 4.55. The van der Waals surface area contributed by atoms with Gasteiger partial charge in [0.25, 0.3) is 0 Å². The van der Waals surface area contributed by atoms with Crippen molar-refractivity contribution in [3.8, 4) is 0 Å². The average Bonchev–Trinajstić information content (AvgIpc) is 2.11. The van der Waals surface area contributed by atoms with Crippen LogP contribution in [0.3, 0.4) is 0 Å². The topological polar surface area (TPSA) is 38.3 Å². The Morgan fingerprint density at radius 3 is 2.46 bits per heavy atom. The predicted octanol–water partition coefficient (Wildman–Crippen LogP) is 1.70. The molecule has 0 saturated carbocycles. The third-order valence-electron chi connectivity index (χ3n) is 1.78.